The molecule has 0 N–H and O–H groups in total. The van der Waals surface area contributed by atoms with E-state index in [9.17, 15) is 0 Å². The molecule has 0 aliphatic rings. The third-order valence-corrected chi connectivity index (χ3v) is 1.52. The summed E-state index contributed by atoms with van der Waals surface area (Å²) in [6.07, 6.45) is 1.74. The lowest BCUT2D eigenvalue weighted by molar-refractivity contribution is 0.0620. The maximum Gasteiger partial charge on any atom is 0.0998 e. The van der Waals surface area contributed by atoms with Crippen molar-refractivity contribution >= 4 is 0 Å². The highest BCUT2D eigenvalue weighted by Gasteiger charge is 2.19. The molecule has 1 heteroatoms. The van der Waals surface area contributed by atoms with E-state index in [0.29, 0.717) is 0 Å². The first-order valence-corrected chi connectivity index (χ1v) is 3.25. The van der Waals surface area contributed by atoms with Gasteiger partial charge in [0.1, 0.15) is 0 Å². The van der Waals surface area contributed by atoms with Gasteiger partial charge in [0, 0.05) is 0 Å². The molecule has 1 atom stereocenters. The summed E-state index contributed by atoms with van der Waals surface area (Å²) in [4.78, 5) is 0. The number of hydrogen-bond acceptors (Lipinski definition) is 1. The molecule has 0 radical (unpaired) electrons. The molecule has 1 nitrogen and oxygen atoms in total. The van der Waals surface area contributed by atoms with Gasteiger partial charge in [-0.1, -0.05) is 27.4 Å². The minimum Gasteiger partial charge on any atom is -0.498 e. The molecule has 0 amide bonds. The minimum absolute atomic E-state index is 0.216. The Bertz CT molecular complexity index is 89.2. The van der Waals surface area contributed by atoms with Gasteiger partial charge in [-0.15, -0.1) is 0 Å². The van der Waals surface area contributed by atoms with Crippen molar-refractivity contribution in [3.8, 4) is 0 Å². The third kappa shape index (κ3) is 3.17. The lowest BCUT2D eigenvalue weighted by Crippen LogP contribution is -2.23. The first-order valence-electron chi connectivity index (χ1n) is 3.25. The van der Waals surface area contributed by atoms with E-state index in [4.69, 9.17) is 4.74 Å². The Labute approximate surface area is 57.7 Å². The Morgan fingerprint density at radius 3 is 2.00 bits per heavy atom. The Hall–Kier alpha value is -0.460. The Kier molecular flexibility index (Phi) is 2.75. The number of hydrogen-bond donors (Lipinski definition) is 0. The van der Waals surface area contributed by atoms with Crippen molar-refractivity contribution in [1.82, 2.24) is 0 Å². The summed E-state index contributed by atoms with van der Waals surface area (Å²) >= 11 is 0. The molecule has 0 saturated carbocycles. The van der Waals surface area contributed by atoms with Gasteiger partial charge in [0.05, 0.1) is 12.4 Å². The second-order valence-electron chi connectivity index (χ2n) is 3.31. The molecule has 54 valence electrons. The summed E-state index contributed by atoms with van der Waals surface area (Å²) in [5.41, 5.74) is 0.216. The fourth-order valence-corrected chi connectivity index (χ4v) is 0.348. The molecule has 9 heavy (non-hydrogen) atoms. The molecule has 0 heterocycles. The minimum atomic E-state index is 0.216. The van der Waals surface area contributed by atoms with Crippen LogP contribution in [0, 0.1) is 5.41 Å². The summed E-state index contributed by atoms with van der Waals surface area (Å²) in [6, 6.07) is 0. The van der Waals surface area contributed by atoms with Crippen molar-refractivity contribution in [3.63, 3.8) is 0 Å². The third-order valence-electron chi connectivity index (χ3n) is 1.52. The van der Waals surface area contributed by atoms with Gasteiger partial charge in [-0.2, -0.15) is 0 Å². The lowest BCUT2D eigenvalue weighted by Gasteiger charge is -2.25. The monoisotopic (exact) mass is 128 g/mol. The van der Waals surface area contributed by atoms with Crippen molar-refractivity contribution in [2.45, 2.75) is 33.8 Å². The molecule has 0 saturated heterocycles. The van der Waals surface area contributed by atoms with E-state index in [2.05, 4.69) is 27.4 Å². The van der Waals surface area contributed by atoms with Crippen molar-refractivity contribution in [2.75, 3.05) is 0 Å². The van der Waals surface area contributed by atoms with Gasteiger partial charge in [0.2, 0.25) is 0 Å². The standard InChI is InChI=1S/C8H16O/c1-6-9-7(2)8(3,4)5/h6-7H,1H2,2-5H3/t7-/m0/s1. The number of ether oxygens (including phenoxy) is 1. The van der Waals surface area contributed by atoms with E-state index >= 15 is 0 Å². The van der Waals surface area contributed by atoms with Crippen LogP contribution in [0.25, 0.3) is 0 Å². The Morgan fingerprint density at radius 1 is 1.44 bits per heavy atom. The summed E-state index contributed by atoms with van der Waals surface area (Å²) in [5.74, 6) is 0. The highest BCUT2D eigenvalue weighted by atomic mass is 16.5. The van der Waals surface area contributed by atoms with Gasteiger partial charge >= 0.3 is 0 Å². The maximum absolute atomic E-state index is 5.17. The molecule has 0 fully saturated rings. The predicted molar refractivity (Wildman–Crippen MR) is 40.2 cm³/mol. The topological polar surface area (TPSA) is 9.23 Å². The van der Waals surface area contributed by atoms with Crippen LogP contribution in [-0.2, 0) is 4.74 Å². The molecule has 0 aliphatic carbocycles. The van der Waals surface area contributed by atoms with Gasteiger partial charge in [-0.3, -0.25) is 0 Å². The maximum atomic E-state index is 5.17. The van der Waals surface area contributed by atoms with Crippen LogP contribution in [0.1, 0.15) is 27.7 Å². The van der Waals surface area contributed by atoms with Crippen LogP contribution in [0.2, 0.25) is 0 Å². The molecule has 0 aromatic rings. The smallest absolute Gasteiger partial charge is 0.0998 e. The zero-order valence-electron chi connectivity index (χ0n) is 6.77. The van der Waals surface area contributed by atoms with E-state index in [1.807, 2.05) is 6.92 Å². The van der Waals surface area contributed by atoms with Crippen LogP contribution in [0.15, 0.2) is 12.8 Å². The van der Waals surface area contributed by atoms with Crippen LogP contribution in [-0.4, -0.2) is 6.10 Å². The molecule has 0 aromatic heterocycles. The fourth-order valence-electron chi connectivity index (χ4n) is 0.348. The first kappa shape index (κ1) is 8.54. The van der Waals surface area contributed by atoms with E-state index in [1.54, 1.807) is 0 Å². The largest absolute Gasteiger partial charge is 0.498 e. The highest BCUT2D eigenvalue weighted by Crippen LogP contribution is 2.21. The highest BCUT2D eigenvalue weighted by molar-refractivity contribution is 4.71. The summed E-state index contributed by atoms with van der Waals surface area (Å²) in [6.45, 7) is 12.0. The normalized spacial score (nSPS) is 14.7. The summed E-state index contributed by atoms with van der Waals surface area (Å²) in [7, 11) is 0. The lowest BCUT2D eigenvalue weighted by atomic mass is 9.90. The van der Waals surface area contributed by atoms with Crippen LogP contribution in [0.5, 0.6) is 0 Å². The molecule has 0 bridgehead atoms. The molecular formula is C8H16O. The fraction of sp³-hybridized carbons (Fsp3) is 0.750. The van der Waals surface area contributed by atoms with Crippen molar-refractivity contribution in [3.05, 3.63) is 12.8 Å². The predicted octanol–water partition coefficient (Wildman–Crippen LogP) is 2.58. The van der Waals surface area contributed by atoms with Gasteiger partial charge in [-0.05, 0) is 12.3 Å². The molecule has 0 aromatic carbocycles. The van der Waals surface area contributed by atoms with Gasteiger partial charge < -0.3 is 4.74 Å². The zero-order chi connectivity index (χ0) is 7.49. The summed E-state index contributed by atoms with van der Waals surface area (Å²) in [5, 5.41) is 0. The first-order chi connectivity index (χ1) is 3.98. The van der Waals surface area contributed by atoms with Crippen LogP contribution in [0.3, 0.4) is 0 Å². The second kappa shape index (κ2) is 2.90. The zero-order valence-corrected chi connectivity index (χ0v) is 6.77. The van der Waals surface area contributed by atoms with E-state index in [0.717, 1.165) is 0 Å². The average Bonchev–Trinajstić information content (AvgIpc) is 1.64. The van der Waals surface area contributed by atoms with Crippen molar-refractivity contribution in [1.29, 1.82) is 0 Å². The van der Waals surface area contributed by atoms with Crippen molar-refractivity contribution < 1.29 is 4.74 Å². The van der Waals surface area contributed by atoms with E-state index in [-0.39, 0.29) is 11.5 Å². The average molecular weight is 128 g/mol. The molecule has 0 aliphatic heterocycles. The van der Waals surface area contributed by atoms with Gasteiger partial charge in [-0.25, -0.2) is 0 Å². The summed E-state index contributed by atoms with van der Waals surface area (Å²) < 4.78 is 5.17. The van der Waals surface area contributed by atoms with Crippen LogP contribution in [0.4, 0.5) is 0 Å². The molecule has 0 rings (SSSR count). The molecule has 0 unspecified atom stereocenters. The quantitative estimate of drug-likeness (QED) is 0.519. The molecular weight excluding hydrogens is 112 g/mol. The van der Waals surface area contributed by atoms with E-state index < -0.39 is 0 Å². The van der Waals surface area contributed by atoms with Crippen LogP contribution < -0.4 is 0 Å². The van der Waals surface area contributed by atoms with Gasteiger partial charge in [0.15, 0.2) is 0 Å². The Balaban J connectivity index is 3.72. The van der Waals surface area contributed by atoms with E-state index in [1.165, 1.54) is 6.26 Å². The second-order valence-corrected chi connectivity index (χ2v) is 3.31. The van der Waals surface area contributed by atoms with Crippen molar-refractivity contribution in [2.24, 2.45) is 5.41 Å². The number of rotatable bonds is 2. The SMILES string of the molecule is C=CO[C@@H](C)C(C)(C)C. The van der Waals surface area contributed by atoms with Crippen LogP contribution >= 0.6 is 0 Å². The van der Waals surface area contributed by atoms with Gasteiger partial charge in [0.25, 0.3) is 0 Å². The molecule has 0 spiro atoms. The Morgan fingerprint density at radius 2 is 1.89 bits per heavy atom.